The molecule has 2 saturated heterocycles. The summed E-state index contributed by atoms with van der Waals surface area (Å²) in [7, 11) is 0. The SMILES string of the molecule is CC[C@@]12OC[C@]34[C@H]([C@@H](O)[C@@H]1O)[C@@]1(C)[C@H](O)[C@@H](O)C=C(C)[C@@H]1C[C@H]3OC(=O)[C@H](O)[C@]42O. The molecule has 5 aliphatic rings. The molecule has 0 radical (unpaired) electrons. The van der Waals surface area contributed by atoms with Gasteiger partial charge in [-0.25, -0.2) is 4.79 Å². The summed E-state index contributed by atoms with van der Waals surface area (Å²) in [6.45, 7) is 5.00. The zero-order valence-corrected chi connectivity index (χ0v) is 17.2. The van der Waals surface area contributed by atoms with E-state index in [1.54, 1.807) is 26.8 Å². The Balaban J connectivity index is 1.82. The van der Waals surface area contributed by atoms with E-state index in [4.69, 9.17) is 9.47 Å². The number of carbonyl (C=O) groups is 1. The van der Waals surface area contributed by atoms with Gasteiger partial charge in [-0.05, 0) is 25.7 Å². The second-order valence-corrected chi connectivity index (χ2v) is 10.1. The molecule has 1 spiro atoms. The molecule has 30 heavy (non-hydrogen) atoms. The Morgan fingerprint density at radius 3 is 2.47 bits per heavy atom. The van der Waals surface area contributed by atoms with Crippen LogP contribution in [-0.4, -0.2) is 91.0 Å². The third-order valence-corrected chi connectivity index (χ3v) is 9.41. The summed E-state index contributed by atoms with van der Waals surface area (Å²) in [5.41, 5.74) is -5.87. The van der Waals surface area contributed by atoms with Crippen LogP contribution in [0.2, 0.25) is 0 Å². The predicted molar refractivity (Wildman–Crippen MR) is 99.7 cm³/mol. The Kier molecular flexibility index (Phi) is 4.05. The summed E-state index contributed by atoms with van der Waals surface area (Å²) in [5, 5.41) is 67.2. The van der Waals surface area contributed by atoms with Crippen LogP contribution in [0.5, 0.6) is 0 Å². The van der Waals surface area contributed by atoms with Crippen LogP contribution in [0.25, 0.3) is 0 Å². The normalized spacial score (nSPS) is 61.6. The monoisotopic (exact) mass is 426 g/mol. The zero-order chi connectivity index (χ0) is 22.0. The van der Waals surface area contributed by atoms with Crippen LogP contribution in [0, 0.1) is 22.7 Å². The van der Waals surface area contributed by atoms with Crippen LogP contribution < -0.4 is 0 Å². The van der Waals surface area contributed by atoms with Gasteiger partial charge in [-0.1, -0.05) is 25.5 Å². The number of carbonyl (C=O) groups excluding carboxylic acids is 1. The first-order chi connectivity index (χ1) is 13.9. The molecule has 168 valence electrons. The lowest BCUT2D eigenvalue weighted by Gasteiger charge is -2.71. The third-order valence-electron chi connectivity index (χ3n) is 9.41. The highest BCUT2D eigenvalue weighted by Gasteiger charge is 2.88. The molecule has 0 aromatic heterocycles. The van der Waals surface area contributed by atoms with E-state index in [9.17, 15) is 35.4 Å². The number of ether oxygens (including phenoxy) is 2. The molecule has 9 heteroatoms. The van der Waals surface area contributed by atoms with Gasteiger partial charge >= 0.3 is 5.97 Å². The van der Waals surface area contributed by atoms with Crippen molar-refractivity contribution in [2.45, 2.75) is 81.4 Å². The summed E-state index contributed by atoms with van der Waals surface area (Å²) in [4.78, 5) is 12.6. The van der Waals surface area contributed by atoms with Gasteiger partial charge in [-0.15, -0.1) is 0 Å². The Bertz CT molecular complexity index is 829. The van der Waals surface area contributed by atoms with Crippen molar-refractivity contribution in [1.82, 2.24) is 0 Å². The first kappa shape index (κ1) is 20.8. The summed E-state index contributed by atoms with van der Waals surface area (Å²) >= 11 is 0. The van der Waals surface area contributed by atoms with E-state index in [1.807, 2.05) is 0 Å². The van der Waals surface area contributed by atoms with E-state index in [-0.39, 0.29) is 25.4 Å². The molecule has 3 aliphatic carbocycles. The molecule has 2 saturated carbocycles. The average Bonchev–Trinajstić information content (AvgIpc) is 2.91. The van der Waals surface area contributed by atoms with Crippen molar-refractivity contribution in [1.29, 1.82) is 0 Å². The highest BCUT2D eigenvalue weighted by atomic mass is 16.6. The van der Waals surface area contributed by atoms with Crippen molar-refractivity contribution in [3.05, 3.63) is 11.6 Å². The molecule has 0 unspecified atom stereocenters. The molecule has 0 amide bonds. The van der Waals surface area contributed by atoms with Gasteiger partial charge in [-0.3, -0.25) is 0 Å². The standard InChI is InChI=1S/C21H30O9/c1-4-20-15(25)12(23)13-18(3)9(8(2)5-10(22)14(18)24)6-11-19(13,7-29-20)21(20,28)16(26)17(27)30-11/h5,9-16,22-26,28H,4,6-7H2,1-3H3/t9-,10-,11+,12+,13+,14+,15-,16-,18-,19+,20+,21-/m0/s1. The number of aliphatic hydroxyl groups is 6. The van der Waals surface area contributed by atoms with Gasteiger partial charge in [0.25, 0.3) is 0 Å². The maximum absolute atomic E-state index is 12.6. The summed E-state index contributed by atoms with van der Waals surface area (Å²) in [5.74, 6) is -2.40. The quantitative estimate of drug-likeness (QED) is 0.211. The number of hydrogen-bond acceptors (Lipinski definition) is 9. The lowest BCUT2D eigenvalue weighted by molar-refractivity contribution is -0.358. The number of rotatable bonds is 1. The van der Waals surface area contributed by atoms with Crippen molar-refractivity contribution < 1.29 is 44.9 Å². The van der Waals surface area contributed by atoms with Crippen molar-refractivity contribution in [2.75, 3.05) is 6.61 Å². The third kappa shape index (κ3) is 1.78. The summed E-state index contributed by atoms with van der Waals surface area (Å²) in [6, 6.07) is 0. The van der Waals surface area contributed by atoms with Gasteiger partial charge in [0, 0.05) is 11.3 Å². The van der Waals surface area contributed by atoms with E-state index in [1.165, 1.54) is 0 Å². The minimum absolute atomic E-state index is 0.0392. The van der Waals surface area contributed by atoms with E-state index < -0.39 is 70.5 Å². The van der Waals surface area contributed by atoms with E-state index >= 15 is 0 Å². The molecule has 4 fully saturated rings. The van der Waals surface area contributed by atoms with E-state index in [0.29, 0.717) is 0 Å². The van der Waals surface area contributed by atoms with Crippen molar-refractivity contribution in [3.8, 4) is 0 Å². The first-order valence-electron chi connectivity index (χ1n) is 10.6. The highest BCUT2D eigenvalue weighted by molar-refractivity contribution is 5.79. The fourth-order valence-corrected chi connectivity index (χ4v) is 8.13. The number of esters is 1. The molecule has 12 atom stereocenters. The van der Waals surface area contributed by atoms with E-state index in [2.05, 4.69) is 0 Å². The maximum atomic E-state index is 12.6. The number of hydrogen-bond donors (Lipinski definition) is 6. The number of allylic oxidation sites excluding steroid dienone is 1. The molecule has 0 aromatic carbocycles. The van der Waals surface area contributed by atoms with Crippen LogP contribution in [0.1, 0.15) is 33.6 Å². The van der Waals surface area contributed by atoms with Crippen LogP contribution in [0.4, 0.5) is 0 Å². The molecule has 6 N–H and O–H groups in total. The molecule has 2 bridgehead atoms. The Hall–Kier alpha value is -1.07. The van der Waals surface area contributed by atoms with Crippen LogP contribution in [0.3, 0.4) is 0 Å². The molecule has 9 nitrogen and oxygen atoms in total. The van der Waals surface area contributed by atoms with Crippen LogP contribution >= 0.6 is 0 Å². The largest absolute Gasteiger partial charge is 0.460 e. The summed E-state index contributed by atoms with van der Waals surface area (Å²) < 4.78 is 11.6. The molecule has 2 heterocycles. The van der Waals surface area contributed by atoms with E-state index in [0.717, 1.165) is 5.57 Å². The van der Waals surface area contributed by atoms with Gasteiger partial charge in [0.1, 0.15) is 23.4 Å². The van der Waals surface area contributed by atoms with Gasteiger partial charge in [-0.2, -0.15) is 0 Å². The smallest absolute Gasteiger partial charge is 0.338 e. The molecule has 5 rings (SSSR count). The van der Waals surface area contributed by atoms with Crippen LogP contribution in [-0.2, 0) is 14.3 Å². The van der Waals surface area contributed by atoms with Crippen LogP contribution in [0.15, 0.2) is 11.6 Å². The Morgan fingerprint density at radius 2 is 1.83 bits per heavy atom. The lowest BCUT2D eigenvalue weighted by Crippen LogP contribution is -2.86. The molecule has 0 aromatic rings. The van der Waals surface area contributed by atoms with Crippen molar-refractivity contribution in [3.63, 3.8) is 0 Å². The van der Waals surface area contributed by atoms with Gasteiger partial charge in [0.15, 0.2) is 6.10 Å². The van der Waals surface area contributed by atoms with Gasteiger partial charge < -0.3 is 40.1 Å². The fourth-order valence-electron chi connectivity index (χ4n) is 8.13. The summed E-state index contributed by atoms with van der Waals surface area (Å²) in [6.07, 6.45) is -6.64. The van der Waals surface area contributed by atoms with Crippen molar-refractivity contribution in [2.24, 2.45) is 22.7 Å². The van der Waals surface area contributed by atoms with Gasteiger partial charge in [0.05, 0.1) is 30.3 Å². The second kappa shape index (κ2) is 5.83. The predicted octanol–water partition coefficient (Wildman–Crippen LogP) is -1.77. The molecular formula is C21H30O9. The number of aliphatic hydroxyl groups excluding tert-OH is 5. The first-order valence-corrected chi connectivity index (χ1v) is 10.6. The Morgan fingerprint density at radius 1 is 1.17 bits per heavy atom. The minimum Gasteiger partial charge on any atom is -0.460 e. The van der Waals surface area contributed by atoms with Crippen molar-refractivity contribution >= 4 is 5.97 Å². The molecule has 2 aliphatic heterocycles. The van der Waals surface area contributed by atoms with Gasteiger partial charge in [0.2, 0.25) is 0 Å². The topological polar surface area (TPSA) is 157 Å². The Labute approximate surface area is 173 Å². The minimum atomic E-state index is -2.23. The number of fused-ring (bicyclic) bond motifs is 2. The average molecular weight is 426 g/mol. The molecular weight excluding hydrogens is 396 g/mol. The second-order valence-electron chi connectivity index (χ2n) is 10.1. The fraction of sp³-hybridized carbons (Fsp3) is 0.857. The lowest BCUT2D eigenvalue weighted by atomic mass is 9.36. The zero-order valence-electron chi connectivity index (χ0n) is 17.2. The maximum Gasteiger partial charge on any atom is 0.338 e. The highest BCUT2D eigenvalue weighted by Crippen LogP contribution is 2.74.